The number of likely N-dealkylation sites (tertiary alicyclic amines) is 1. The fraction of sp³-hybridized carbons (Fsp3) is 0.538. The maximum absolute atomic E-state index is 13.0. The van der Waals surface area contributed by atoms with Crippen molar-refractivity contribution in [1.29, 1.82) is 0 Å². The number of rotatable bonds is 31. The summed E-state index contributed by atoms with van der Waals surface area (Å²) in [6.45, 7) is 6.49. The summed E-state index contributed by atoms with van der Waals surface area (Å²) in [5.41, 5.74) is 2.52. The molecule has 378 valence electrons. The van der Waals surface area contributed by atoms with Crippen LogP contribution in [0.2, 0.25) is 0 Å². The maximum atomic E-state index is 13.0. The van der Waals surface area contributed by atoms with Gasteiger partial charge in [-0.25, -0.2) is 9.78 Å². The van der Waals surface area contributed by atoms with Crippen molar-refractivity contribution in [2.75, 3.05) is 84.0 Å². The lowest BCUT2D eigenvalue weighted by molar-refractivity contribution is -0.135. The summed E-state index contributed by atoms with van der Waals surface area (Å²) in [4.78, 5) is 71.0. The number of carbonyl (C=O) groups is 4. The molecule has 0 spiro atoms. The van der Waals surface area contributed by atoms with Crippen molar-refractivity contribution in [3.8, 4) is 11.5 Å². The second-order valence-corrected chi connectivity index (χ2v) is 18.1. The van der Waals surface area contributed by atoms with Crippen LogP contribution in [0.15, 0.2) is 77.9 Å². The molecule has 2 aromatic carbocycles. The predicted molar refractivity (Wildman–Crippen MR) is 263 cm³/mol. The quantitative estimate of drug-likeness (QED) is 0.0263. The van der Waals surface area contributed by atoms with Crippen LogP contribution < -0.4 is 26.0 Å². The van der Waals surface area contributed by atoms with E-state index in [1.54, 1.807) is 42.1 Å². The van der Waals surface area contributed by atoms with E-state index in [0.717, 1.165) is 93.5 Å². The fourth-order valence-electron chi connectivity index (χ4n) is 9.31. The molecule has 5 heterocycles. The lowest BCUT2D eigenvalue weighted by atomic mass is 10.1. The molecule has 1 unspecified atom stereocenters. The van der Waals surface area contributed by atoms with Gasteiger partial charge in [0, 0.05) is 82.8 Å². The van der Waals surface area contributed by atoms with Gasteiger partial charge >= 0.3 is 5.69 Å². The Hall–Kier alpha value is -6.08. The number of hydrogen-bond donors (Lipinski definition) is 3. The topological polar surface area (TPSA) is 205 Å². The molecule has 18 heteroatoms. The summed E-state index contributed by atoms with van der Waals surface area (Å²) < 4.78 is 31.6. The SMILES string of the molecule is Cn1c(=O)n(C2CCC(=O)NC2=O)c2ccc(CCCOCCOCCOCCOCCNC(=O)CCCCCCCCOc3ccnc(N4C[C@H]5C[C@@H]4CN5/C=C/C(=O)c4ccccc4O)c3)cc21. The maximum Gasteiger partial charge on any atom is 0.329 e. The summed E-state index contributed by atoms with van der Waals surface area (Å²) in [5.74, 6) is 0.817. The number of imide groups is 1. The Bertz CT molecular complexity index is 2450. The molecule has 3 saturated heterocycles. The summed E-state index contributed by atoms with van der Waals surface area (Å²) >= 11 is 0. The zero-order valence-electron chi connectivity index (χ0n) is 40.4. The summed E-state index contributed by atoms with van der Waals surface area (Å²) in [6, 6.07) is 16.2. The first-order chi connectivity index (χ1) is 34.2. The molecule has 2 aromatic heterocycles. The van der Waals surface area contributed by atoms with E-state index in [0.29, 0.717) is 102 Å². The van der Waals surface area contributed by atoms with Crippen molar-refractivity contribution in [2.24, 2.45) is 7.05 Å². The number of allylic oxidation sites excluding steroid dienone is 1. The van der Waals surface area contributed by atoms with E-state index in [2.05, 4.69) is 25.4 Å². The number of unbranched alkanes of at least 4 members (excludes halogenated alkanes) is 5. The molecule has 0 radical (unpaired) electrons. The first kappa shape index (κ1) is 51.8. The van der Waals surface area contributed by atoms with Crippen molar-refractivity contribution in [1.82, 2.24) is 29.7 Å². The average Bonchev–Trinajstić information content (AvgIpc) is 4.04. The van der Waals surface area contributed by atoms with Gasteiger partial charge < -0.3 is 43.9 Å². The van der Waals surface area contributed by atoms with E-state index < -0.39 is 11.9 Å². The zero-order chi connectivity index (χ0) is 49.1. The number of amides is 3. The minimum atomic E-state index is -0.698. The number of nitrogens with one attached hydrogen (secondary N) is 2. The molecule has 70 heavy (non-hydrogen) atoms. The molecule has 3 aliphatic rings. The molecule has 2 bridgehead atoms. The van der Waals surface area contributed by atoms with Gasteiger partial charge in [-0.15, -0.1) is 0 Å². The molecule has 3 aliphatic heterocycles. The van der Waals surface area contributed by atoms with Gasteiger partial charge in [-0.1, -0.05) is 43.9 Å². The second kappa shape index (κ2) is 26.8. The van der Waals surface area contributed by atoms with E-state index in [1.807, 2.05) is 36.5 Å². The molecule has 4 aromatic rings. The third-order valence-corrected chi connectivity index (χ3v) is 13.1. The number of fused-ring (bicyclic) bond motifs is 3. The normalized spacial score (nSPS) is 17.8. The van der Waals surface area contributed by atoms with Crippen molar-refractivity contribution < 1.29 is 48.0 Å². The van der Waals surface area contributed by atoms with E-state index in [1.165, 1.54) is 10.6 Å². The van der Waals surface area contributed by atoms with Gasteiger partial charge in [-0.3, -0.25) is 33.6 Å². The van der Waals surface area contributed by atoms with E-state index >= 15 is 0 Å². The smallest absolute Gasteiger partial charge is 0.329 e. The summed E-state index contributed by atoms with van der Waals surface area (Å²) in [6.07, 6.45) is 14.9. The summed E-state index contributed by atoms with van der Waals surface area (Å²) in [7, 11) is 1.69. The molecule has 0 saturated carbocycles. The predicted octanol–water partition coefficient (Wildman–Crippen LogP) is 5.00. The number of phenolic OH excluding ortho intramolecular Hbond substituents is 1. The van der Waals surface area contributed by atoms with Gasteiger partial charge in [-0.05, 0) is 74.4 Å². The molecule has 0 aliphatic carbocycles. The van der Waals surface area contributed by atoms with E-state index in [-0.39, 0.29) is 35.5 Å². The average molecular weight is 968 g/mol. The Morgan fingerprint density at radius 2 is 1.53 bits per heavy atom. The van der Waals surface area contributed by atoms with Crippen LogP contribution >= 0.6 is 0 Å². The van der Waals surface area contributed by atoms with Crippen LogP contribution in [-0.2, 0) is 46.8 Å². The highest BCUT2D eigenvalue weighted by atomic mass is 16.6. The Morgan fingerprint density at radius 3 is 2.27 bits per heavy atom. The standard InChI is InChI=1S/C52H69N7O11/c1-56-45-33-38(15-16-43(45)59(52(56)65)44-17-18-50(63)55-51(44)64)11-10-24-66-27-29-68-31-32-69-30-28-67-26-22-54-49(62)14-6-4-2-3-5-9-25-70-41-19-21-53-48(35-41)58-37-39-34-40(58)36-57(39)23-20-47(61)42-12-7-8-13-46(42)60/h7-8,12-13,15-16,19-21,23,33,35,39-40,44,60H,2-6,9-11,14,17-18,22,24-32,34,36-37H2,1H3,(H,54,62)(H,55,63,64)/b23-20+/t39-,40-,44?/m1/s1. The number of aromatic nitrogens is 3. The number of ether oxygens (including phenoxy) is 5. The number of phenols is 1. The van der Waals surface area contributed by atoms with E-state index in [4.69, 9.17) is 23.7 Å². The largest absolute Gasteiger partial charge is 0.507 e. The molecular formula is C52H69N7O11. The number of carbonyl (C=O) groups excluding carboxylic acids is 4. The lowest BCUT2D eigenvalue weighted by Crippen LogP contribution is -2.44. The lowest BCUT2D eigenvalue weighted by Gasteiger charge is -2.34. The molecule has 7 rings (SSSR count). The van der Waals surface area contributed by atoms with Crippen LogP contribution in [0.3, 0.4) is 0 Å². The number of pyridine rings is 1. The number of para-hydroxylation sites is 1. The number of imidazole rings is 1. The number of piperazine rings is 1. The van der Waals surface area contributed by atoms with Gasteiger partial charge in [-0.2, -0.15) is 0 Å². The second-order valence-electron chi connectivity index (χ2n) is 18.1. The Morgan fingerprint density at radius 1 is 0.800 bits per heavy atom. The number of aromatic hydroxyl groups is 1. The van der Waals surface area contributed by atoms with Crippen LogP contribution in [0.25, 0.3) is 11.0 Å². The number of ketones is 1. The highest BCUT2D eigenvalue weighted by Gasteiger charge is 2.42. The van der Waals surface area contributed by atoms with Gasteiger partial charge in [0.05, 0.1) is 69.5 Å². The number of benzene rings is 2. The number of piperidine rings is 1. The molecule has 3 N–H and O–H groups in total. The van der Waals surface area contributed by atoms with Crippen molar-refractivity contribution in [3.05, 3.63) is 94.7 Å². The molecule has 3 fully saturated rings. The first-order valence-corrected chi connectivity index (χ1v) is 24.9. The van der Waals surface area contributed by atoms with Crippen LogP contribution in [0.1, 0.15) is 92.6 Å². The fourth-order valence-corrected chi connectivity index (χ4v) is 9.31. The minimum absolute atomic E-state index is 0.00611. The Kier molecular flexibility index (Phi) is 19.8. The van der Waals surface area contributed by atoms with E-state index in [9.17, 15) is 29.1 Å². The van der Waals surface area contributed by atoms with Gasteiger partial charge in [0.2, 0.25) is 17.7 Å². The highest BCUT2D eigenvalue weighted by molar-refractivity contribution is 6.06. The van der Waals surface area contributed by atoms with Crippen LogP contribution in [0, 0.1) is 0 Å². The Labute approximate surface area is 409 Å². The third-order valence-electron chi connectivity index (χ3n) is 13.1. The van der Waals surface area contributed by atoms with Gasteiger partial charge in [0.1, 0.15) is 23.4 Å². The third kappa shape index (κ3) is 14.7. The number of anilines is 1. The summed E-state index contributed by atoms with van der Waals surface area (Å²) in [5, 5.41) is 15.3. The van der Waals surface area contributed by atoms with Crippen LogP contribution in [-0.4, -0.2) is 139 Å². The van der Waals surface area contributed by atoms with Crippen LogP contribution in [0.4, 0.5) is 5.82 Å². The number of aryl methyl sites for hydroxylation is 2. The van der Waals surface area contributed by atoms with Crippen molar-refractivity contribution in [3.63, 3.8) is 0 Å². The first-order valence-electron chi connectivity index (χ1n) is 24.9. The molecular weight excluding hydrogens is 899 g/mol. The van der Waals surface area contributed by atoms with Gasteiger partial charge in [0.15, 0.2) is 5.78 Å². The van der Waals surface area contributed by atoms with Crippen molar-refractivity contribution >= 4 is 40.4 Å². The zero-order valence-corrected chi connectivity index (χ0v) is 40.4. The van der Waals surface area contributed by atoms with Gasteiger partial charge in [0.25, 0.3) is 0 Å². The number of nitrogens with zero attached hydrogens (tertiary/aromatic N) is 5. The Balaban J connectivity index is 0.614. The molecule has 3 atom stereocenters. The minimum Gasteiger partial charge on any atom is -0.507 e. The monoisotopic (exact) mass is 968 g/mol. The highest BCUT2D eigenvalue weighted by Crippen LogP contribution is 2.35. The van der Waals surface area contributed by atoms with Crippen molar-refractivity contribution in [2.45, 2.75) is 95.2 Å². The molecule has 3 amide bonds. The molecule has 18 nitrogen and oxygen atoms in total. The van der Waals surface area contributed by atoms with Crippen LogP contribution in [0.5, 0.6) is 11.5 Å². The number of hydrogen-bond acceptors (Lipinski definition) is 14.